The fourth-order valence-electron chi connectivity index (χ4n) is 5.60. The summed E-state index contributed by atoms with van der Waals surface area (Å²) < 4.78 is 5.41. The van der Waals surface area contributed by atoms with Crippen molar-refractivity contribution in [2.45, 2.75) is 58.4 Å². The summed E-state index contributed by atoms with van der Waals surface area (Å²) in [6.07, 6.45) is 8.44. The Bertz CT molecular complexity index is 1210. The number of carbonyl (C=O) groups is 2. The summed E-state index contributed by atoms with van der Waals surface area (Å²) in [5, 5.41) is 0. The second-order valence-electron chi connectivity index (χ2n) is 11.3. The van der Waals surface area contributed by atoms with Crippen LogP contribution in [0.5, 0.6) is 0 Å². The number of anilines is 1. The van der Waals surface area contributed by atoms with E-state index in [1.165, 1.54) is 5.56 Å². The van der Waals surface area contributed by atoms with Crippen molar-refractivity contribution in [2.24, 2.45) is 11.8 Å². The Balaban J connectivity index is 1.69. The average molecular weight is 501 g/mol. The Kier molecular flexibility index (Phi) is 7.91. The molecule has 2 amide bonds. The maximum absolute atomic E-state index is 14.1. The Morgan fingerprint density at radius 2 is 1.84 bits per heavy atom. The molecule has 1 unspecified atom stereocenters. The van der Waals surface area contributed by atoms with Gasteiger partial charge in [-0.1, -0.05) is 57.2 Å². The number of piperidine rings is 1. The number of hydrogen-bond donors (Lipinski definition) is 0. The number of benzene rings is 2. The Hall–Kier alpha value is -3.34. The first-order valence-corrected chi connectivity index (χ1v) is 13.3. The minimum Gasteiger partial charge on any atom is -0.497 e. The molecule has 5 heteroatoms. The summed E-state index contributed by atoms with van der Waals surface area (Å²) >= 11 is 0. The molecule has 1 fully saturated rings. The van der Waals surface area contributed by atoms with E-state index in [9.17, 15) is 9.59 Å². The molecule has 0 saturated carbocycles. The molecule has 1 heterocycles. The second kappa shape index (κ2) is 11.0. The Morgan fingerprint density at radius 1 is 1.08 bits per heavy atom. The number of rotatable bonds is 5. The lowest BCUT2D eigenvalue weighted by Gasteiger charge is -2.45. The van der Waals surface area contributed by atoms with E-state index in [-0.39, 0.29) is 35.1 Å². The monoisotopic (exact) mass is 500 g/mol. The zero-order valence-corrected chi connectivity index (χ0v) is 23.0. The molecule has 37 heavy (non-hydrogen) atoms. The van der Waals surface area contributed by atoms with Crippen molar-refractivity contribution in [2.75, 3.05) is 25.6 Å². The van der Waals surface area contributed by atoms with Crippen molar-refractivity contribution in [1.82, 2.24) is 4.90 Å². The van der Waals surface area contributed by atoms with Crippen LogP contribution < -0.4 is 4.90 Å². The normalized spacial score (nSPS) is 21.8. The van der Waals surface area contributed by atoms with Crippen LogP contribution in [-0.4, -0.2) is 43.5 Å². The van der Waals surface area contributed by atoms with E-state index >= 15 is 0 Å². The second-order valence-corrected chi connectivity index (χ2v) is 11.3. The van der Waals surface area contributed by atoms with Crippen LogP contribution in [0.1, 0.15) is 61.5 Å². The van der Waals surface area contributed by atoms with E-state index in [2.05, 4.69) is 45.1 Å². The zero-order valence-electron chi connectivity index (χ0n) is 23.0. The number of methoxy groups -OCH3 is 1. The lowest BCUT2D eigenvalue weighted by Crippen LogP contribution is -2.56. The van der Waals surface area contributed by atoms with Crippen LogP contribution in [0.4, 0.5) is 5.69 Å². The molecule has 0 spiro atoms. The quantitative estimate of drug-likeness (QED) is 0.485. The Morgan fingerprint density at radius 3 is 2.49 bits per heavy atom. The number of aryl methyl sites for hydroxylation is 1. The van der Waals surface area contributed by atoms with Crippen LogP contribution in [0.2, 0.25) is 0 Å². The number of amides is 2. The third-order valence-corrected chi connectivity index (χ3v) is 7.84. The highest BCUT2D eigenvalue weighted by Crippen LogP contribution is 2.37. The van der Waals surface area contributed by atoms with Crippen molar-refractivity contribution in [3.63, 3.8) is 0 Å². The van der Waals surface area contributed by atoms with Gasteiger partial charge in [-0.3, -0.25) is 9.59 Å². The molecule has 2 aromatic rings. The molecule has 0 radical (unpaired) electrons. The summed E-state index contributed by atoms with van der Waals surface area (Å²) in [6.45, 7) is 9.15. The van der Waals surface area contributed by atoms with Crippen LogP contribution in [0.15, 0.2) is 72.5 Å². The molecule has 1 saturated heterocycles. The highest BCUT2D eigenvalue weighted by Gasteiger charge is 2.43. The smallest absolute Gasteiger partial charge is 0.254 e. The van der Waals surface area contributed by atoms with Crippen molar-refractivity contribution in [1.29, 1.82) is 0 Å². The van der Waals surface area contributed by atoms with E-state index in [4.69, 9.17) is 4.74 Å². The first kappa shape index (κ1) is 26.7. The molecule has 196 valence electrons. The van der Waals surface area contributed by atoms with E-state index in [1.807, 2.05) is 61.3 Å². The number of nitrogens with zero attached hydrogens (tertiary/aromatic N) is 2. The highest BCUT2D eigenvalue weighted by atomic mass is 16.5. The van der Waals surface area contributed by atoms with E-state index in [0.717, 1.165) is 36.3 Å². The molecule has 4 rings (SSSR count). The number of allylic oxidation sites excluding steroid dienone is 2. The van der Waals surface area contributed by atoms with Gasteiger partial charge in [0.15, 0.2) is 0 Å². The van der Waals surface area contributed by atoms with Gasteiger partial charge in [0.1, 0.15) is 5.76 Å². The van der Waals surface area contributed by atoms with E-state index in [0.29, 0.717) is 12.1 Å². The standard InChI is InChI=1S/C32H40N2O3/c1-22-11-7-8-14-27(22)31(36)34-20-10-15-28(29(34)23-16-18-26(37-6)19-17-23)30(35)33(5)25-13-9-12-24(21-25)32(2,3)4/h7-9,11-14,16,18-19,21,23,28-29H,10,15,17,20H2,1-6H3/t23?,28-,29-/m0/s1. The molecule has 1 aliphatic carbocycles. The maximum atomic E-state index is 14.1. The molecular formula is C32H40N2O3. The highest BCUT2D eigenvalue weighted by molar-refractivity contribution is 5.98. The minimum absolute atomic E-state index is 0.00732. The topological polar surface area (TPSA) is 49.9 Å². The SMILES string of the molecule is COC1=CCC([C@H]2[C@@H](C(=O)N(C)c3cccc(C(C)(C)C)c3)CCCN2C(=O)c2ccccc2C)C=C1. The van der Waals surface area contributed by atoms with Gasteiger partial charge in [0.25, 0.3) is 5.91 Å². The van der Waals surface area contributed by atoms with Crippen LogP contribution in [-0.2, 0) is 14.9 Å². The summed E-state index contributed by atoms with van der Waals surface area (Å²) in [6, 6.07) is 15.7. The van der Waals surface area contributed by atoms with Gasteiger partial charge in [0.2, 0.25) is 5.91 Å². The third kappa shape index (κ3) is 5.66. The first-order chi connectivity index (χ1) is 17.6. The van der Waals surface area contributed by atoms with Crippen LogP contribution >= 0.6 is 0 Å². The molecule has 1 aliphatic heterocycles. The molecule has 3 atom stereocenters. The predicted octanol–water partition coefficient (Wildman–Crippen LogP) is 6.28. The Labute approximate surface area is 221 Å². The summed E-state index contributed by atoms with van der Waals surface area (Å²) in [7, 11) is 3.53. The van der Waals surface area contributed by atoms with Crippen LogP contribution in [0.25, 0.3) is 0 Å². The lowest BCUT2D eigenvalue weighted by molar-refractivity contribution is -0.126. The fourth-order valence-corrected chi connectivity index (χ4v) is 5.60. The van der Waals surface area contributed by atoms with E-state index in [1.54, 1.807) is 12.0 Å². The van der Waals surface area contributed by atoms with Gasteiger partial charge in [0.05, 0.1) is 19.1 Å². The summed E-state index contributed by atoms with van der Waals surface area (Å²) in [4.78, 5) is 31.8. The van der Waals surface area contributed by atoms with Gasteiger partial charge in [-0.25, -0.2) is 0 Å². The number of hydrogen-bond acceptors (Lipinski definition) is 3. The number of carbonyl (C=O) groups excluding carboxylic acids is 2. The maximum Gasteiger partial charge on any atom is 0.254 e. The minimum atomic E-state index is -0.294. The van der Waals surface area contributed by atoms with Crippen LogP contribution in [0, 0.1) is 18.8 Å². The molecule has 5 nitrogen and oxygen atoms in total. The summed E-state index contributed by atoms with van der Waals surface area (Å²) in [5.74, 6) is 0.636. The molecule has 2 aliphatic rings. The lowest BCUT2D eigenvalue weighted by atomic mass is 9.77. The first-order valence-electron chi connectivity index (χ1n) is 13.3. The van der Waals surface area contributed by atoms with Gasteiger partial charge in [-0.15, -0.1) is 0 Å². The molecular weight excluding hydrogens is 460 g/mol. The van der Waals surface area contributed by atoms with Crippen molar-refractivity contribution < 1.29 is 14.3 Å². The third-order valence-electron chi connectivity index (χ3n) is 7.84. The van der Waals surface area contributed by atoms with Gasteiger partial charge in [-0.05, 0) is 73.1 Å². The molecule has 0 N–H and O–H groups in total. The zero-order chi connectivity index (χ0) is 26.7. The van der Waals surface area contributed by atoms with E-state index < -0.39 is 0 Å². The molecule has 0 aromatic heterocycles. The molecule has 2 aromatic carbocycles. The number of ether oxygens (including phenoxy) is 1. The fraction of sp³-hybridized carbons (Fsp3) is 0.438. The van der Waals surface area contributed by atoms with Crippen molar-refractivity contribution in [3.8, 4) is 0 Å². The van der Waals surface area contributed by atoms with Crippen molar-refractivity contribution >= 4 is 17.5 Å². The average Bonchev–Trinajstić information content (AvgIpc) is 2.91. The summed E-state index contributed by atoms with van der Waals surface area (Å²) in [5.41, 5.74) is 3.73. The number of likely N-dealkylation sites (tertiary alicyclic amines) is 1. The van der Waals surface area contributed by atoms with Gasteiger partial charge in [0, 0.05) is 30.8 Å². The van der Waals surface area contributed by atoms with Gasteiger partial charge >= 0.3 is 0 Å². The van der Waals surface area contributed by atoms with Crippen LogP contribution in [0.3, 0.4) is 0 Å². The molecule has 0 bridgehead atoms. The van der Waals surface area contributed by atoms with Gasteiger partial charge in [-0.2, -0.15) is 0 Å². The predicted molar refractivity (Wildman–Crippen MR) is 150 cm³/mol. The van der Waals surface area contributed by atoms with Crippen molar-refractivity contribution in [3.05, 3.63) is 89.2 Å². The van der Waals surface area contributed by atoms with Gasteiger partial charge < -0.3 is 14.5 Å². The largest absolute Gasteiger partial charge is 0.497 e.